The average Bonchev–Trinajstić information content (AvgIpc) is 2.79. The molecule has 8 heteroatoms. The molecule has 0 spiro atoms. The van der Waals surface area contributed by atoms with Gasteiger partial charge in [-0.2, -0.15) is 0 Å². The second-order valence-corrected chi connectivity index (χ2v) is 9.43. The van der Waals surface area contributed by atoms with Gasteiger partial charge in [-0.3, -0.25) is 4.79 Å². The van der Waals surface area contributed by atoms with E-state index in [1.807, 2.05) is 31.2 Å². The highest BCUT2D eigenvalue weighted by Crippen LogP contribution is 2.29. The first kappa shape index (κ1) is 23.1. The van der Waals surface area contributed by atoms with Crippen LogP contribution in [0.2, 0.25) is 0 Å². The van der Waals surface area contributed by atoms with E-state index in [0.717, 1.165) is 24.3 Å². The molecular formula is C23H29NO6S. The predicted molar refractivity (Wildman–Crippen MR) is 118 cm³/mol. The van der Waals surface area contributed by atoms with E-state index in [4.69, 9.17) is 14.2 Å². The Kier molecular flexibility index (Phi) is 7.92. The maximum absolute atomic E-state index is 12.8. The van der Waals surface area contributed by atoms with Gasteiger partial charge in [-0.1, -0.05) is 12.1 Å². The van der Waals surface area contributed by atoms with Crippen LogP contribution in [-0.4, -0.2) is 64.5 Å². The van der Waals surface area contributed by atoms with Crippen molar-refractivity contribution >= 4 is 15.7 Å². The first-order chi connectivity index (χ1) is 14.9. The third kappa shape index (κ3) is 5.98. The van der Waals surface area contributed by atoms with E-state index in [1.54, 1.807) is 17.0 Å². The third-order valence-corrected chi connectivity index (χ3v) is 6.88. The molecule has 1 amide bonds. The summed E-state index contributed by atoms with van der Waals surface area (Å²) >= 11 is 0. The van der Waals surface area contributed by atoms with Crippen LogP contribution in [0.3, 0.4) is 0 Å². The van der Waals surface area contributed by atoms with Gasteiger partial charge in [-0.25, -0.2) is 8.42 Å². The summed E-state index contributed by atoms with van der Waals surface area (Å²) in [7, 11) is -1.95. The van der Waals surface area contributed by atoms with Crippen molar-refractivity contribution < 1.29 is 27.4 Å². The molecule has 1 fully saturated rings. The van der Waals surface area contributed by atoms with E-state index in [1.165, 1.54) is 19.2 Å². The van der Waals surface area contributed by atoms with Crippen LogP contribution in [0.25, 0.3) is 0 Å². The van der Waals surface area contributed by atoms with Gasteiger partial charge in [0.2, 0.25) is 0 Å². The smallest absolute Gasteiger partial charge is 0.253 e. The van der Waals surface area contributed by atoms with Crippen molar-refractivity contribution in [1.82, 2.24) is 4.90 Å². The monoisotopic (exact) mass is 447 g/mol. The van der Waals surface area contributed by atoms with E-state index in [-0.39, 0.29) is 29.3 Å². The van der Waals surface area contributed by atoms with Crippen molar-refractivity contribution in [3.05, 3.63) is 54.1 Å². The van der Waals surface area contributed by atoms with Crippen LogP contribution in [0, 0.1) is 0 Å². The van der Waals surface area contributed by atoms with Crippen LogP contribution >= 0.6 is 0 Å². The molecule has 31 heavy (non-hydrogen) atoms. The topological polar surface area (TPSA) is 82.1 Å². The Morgan fingerprint density at radius 3 is 2.29 bits per heavy atom. The fourth-order valence-corrected chi connectivity index (χ4v) is 4.65. The number of carbonyl (C=O) groups is 1. The zero-order chi connectivity index (χ0) is 22.3. The molecule has 0 N–H and O–H groups in total. The van der Waals surface area contributed by atoms with Gasteiger partial charge < -0.3 is 19.1 Å². The van der Waals surface area contributed by atoms with Gasteiger partial charge in [0.15, 0.2) is 21.3 Å². The lowest BCUT2D eigenvalue weighted by atomic mass is 10.1. The van der Waals surface area contributed by atoms with Crippen LogP contribution in [0.1, 0.15) is 30.1 Å². The van der Waals surface area contributed by atoms with Crippen LogP contribution in [0.5, 0.6) is 11.5 Å². The highest BCUT2D eigenvalue weighted by Gasteiger charge is 2.26. The SMILES string of the molecule is CCOc1ccccc1OC1CCN(C(=O)c2ccc(S(=O)(=O)CCOC)cc2)CC1. The number of sulfone groups is 1. The first-order valence-electron chi connectivity index (χ1n) is 10.4. The third-order valence-electron chi connectivity index (χ3n) is 5.19. The van der Waals surface area contributed by atoms with Crippen LogP contribution in [0.4, 0.5) is 0 Å². The second kappa shape index (κ2) is 10.6. The molecule has 0 aliphatic carbocycles. The molecule has 3 rings (SSSR count). The molecule has 0 aromatic heterocycles. The Hall–Kier alpha value is -2.58. The van der Waals surface area contributed by atoms with Crippen molar-refractivity contribution in [3.8, 4) is 11.5 Å². The lowest BCUT2D eigenvalue weighted by Crippen LogP contribution is -2.41. The van der Waals surface area contributed by atoms with Gasteiger partial charge >= 0.3 is 0 Å². The lowest BCUT2D eigenvalue weighted by Gasteiger charge is -2.32. The molecular weight excluding hydrogens is 418 g/mol. The molecule has 2 aromatic carbocycles. The second-order valence-electron chi connectivity index (χ2n) is 7.33. The predicted octanol–water partition coefficient (Wildman–Crippen LogP) is 3.19. The molecule has 0 saturated carbocycles. The summed E-state index contributed by atoms with van der Waals surface area (Å²) in [4.78, 5) is 14.8. The Labute approximate surface area is 183 Å². The fourth-order valence-electron chi connectivity index (χ4n) is 3.48. The molecule has 1 aliphatic rings. The number of piperidine rings is 1. The number of ether oxygens (including phenoxy) is 3. The van der Waals surface area contributed by atoms with E-state index in [2.05, 4.69) is 0 Å². The number of nitrogens with zero attached hydrogens (tertiary/aromatic N) is 1. The minimum Gasteiger partial charge on any atom is -0.490 e. The molecule has 1 saturated heterocycles. The number of rotatable bonds is 9. The molecule has 168 valence electrons. The minimum atomic E-state index is -3.41. The summed E-state index contributed by atoms with van der Waals surface area (Å²) < 4.78 is 41.0. The number of likely N-dealkylation sites (tertiary alicyclic amines) is 1. The maximum atomic E-state index is 12.8. The molecule has 1 heterocycles. The molecule has 7 nitrogen and oxygen atoms in total. The average molecular weight is 448 g/mol. The van der Waals surface area contributed by atoms with Crippen molar-refractivity contribution in [1.29, 1.82) is 0 Å². The Balaban J connectivity index is 1.57. The van der Waals surface area contributed by atoms with Crippen LogP contribution in [-0.2, 0) is 14.6 Å². The summed E-state index contributed by atoms with van der Waals surface area (Å²) in [5.74, 6) is 1.26. The number of para-hydroxylation sites is 2. The van der Waals surface area contributed by atoms with Gasteiger partial charge in [0.1, 0.15) is 6.10 Å². The fraction of sp³-hybridized carbons (Fsp3) is 0.435. The van der Waals surface area contributed by atoms with Crippen molar-refractivity contribution in [2.24, 2.45) is 0 Å². The molecule has 0 atom stereocenters. The summed E-state index contributed by atoms with van der Waals surface area (Å²) in [6.07, 6.45) is 1.45. The standard InChI is InChI=1S/C23H29NO6S/c1-3-29-21-6-4-5-7-22(21)30-19-12-14-24(15-13-19)23(25)18-8-10-20(11-9-18)31(26,27)17-16-28-2/h4-11,19H,3,12-17H2,1-2H3. The summed E-state index contributed by atoms with van der Waals surface area (Å²) in [6, 6.07) is 13.7. The van der Waals surface area contributed by atoms with Gasteiger partial charge in [-0.15, -0.1) is 0 Å². The number of amides is 1. The molecule has 0 unspecified atom stereocenters. The number of hydrogen-bond acceptors (Lipinski definition) is 6. The Morgan fingerprint density at radius 1 is 1.03 bits per heavy atom. The number of methoxy groups -OCH3 is 1. The van der Waals surface area contributed by atoms with Gasteiger partial charge in [0, 0.05) is 38.6 Å². The summed E-state index contributed by atoms with van der Waals surface area (Å²) in [5.41, 5.74) is 0.478. The van der Waals surface area contributed by atoms with Gasteiger partial charge in [0.05, 0.1) is 23.9 Å². The van der Waals surface area contributed by atoms with E-state index in [9.17, 15) is 13.2 Å². The van der Waals surface area contributed by atoms with Crippen LogP contribution in [0.15, 0.2) is 53.4 Å². The van der Waals surface area contributed by atoms with Crippen molar-refractivity contribution in [2.45, 2.75) is 30.8 Å². The van der Waals surface area contributed by atoms with Crippen molar-refractivity contribution in [2.75, 3.05) is 39.2 Å². The number of carbonyl (C=O) groups excluding carboxylic acids is 1. The van der Waals surface area contributed by atoms with Gasteiger partial charge in [-0.05, 0) is 43.3 Å². The zero-order valence-corrected chi connectivity index (χ0v) is 18.8. The number of hydrogen-bond donors (Lipinski definition) is 0. The van der Waals surface area contributed by atoms with E-state index in [0.29, 0.717) is 25.3 Å². The lowest BCUT2D eigenvalue weighted by molar-refractivity contribution is 0.0589. The van der Waals surface area contributed by atoms with Gasteiger partial charge in [0.25, 0.3) is 5.91 Å². The summed E-state index contributed by atoms with van der Waals surface area (Å²) in [6.45, 7) is 3.79. The Bertz CT molecular complexity index is 966. The number of benzene rings is 2. The molecule has 0 radical (unpaired) electrons. The van der Waals surface area contributed by atoms with E-state index >= 15 is 0 Å². The van der Waals surface area contributed by atoms with Crippen LogP contribution < -0.4 is 9.47 Å². The Morgan fingerprint density at radius 2 is 1.68 bits per heavy atom. The van der Waals surface area contributed by atoms with E-state index < -0.39 is 9.84 Å². The maximum Gasteiger partial charge on any atom is 0.253 e. The molecule has 1 aliphatic heterocycles. The van der Waals surface area contributed by atoms with Crippen molar-refractivity contribution in [3.63, 3.8) is 0 Å². The molecule has 2 aromatic rings. The normalized spacial score (nSPS) is 15.0. The molecule has 0 bridgehead atoms. The zero-order valence-electron chi connectivity index (χ0n) is 18.0. The largest absolute Gasteiger partial charge is 0.490 e. The summed E-state index contributed by atoms with van der Waals surface area (Å²) in [5, 5.41) is 0. The minimum absolute atomic E-state index is 0.0129. The highest BCUT2D eigenvalue weighted by atomic mass is 32.2. The first-order valence-corrected chi connectivity index (χ1v) is 12.1. The highest BCUT2D eigenvalue weighted by molar-refractivity contribution is 7.91. The quantitative estimate of drug-likeness (QED) is 0.587.